The van der Waals surface area contributed by atoms with E-state index in [1.807, 2.05) is 43.3 Å². The molecule has 0 spiro atoms. The van der Waals surface area contributed by atoms with Gasteiger partial charge in [-0.25, -0.2) is 0 Å². The Morgan fingerprint density at radius 2 is 1.69 bits per heavy atom. The van der Waals surface area contributed by atoms with Gasteiger partial charge in [0.05, 0.1) is 5.92 Å². The van der Waals surface area contributed by atoms with Gasteiger partial charge >= 0.3 is 0 Å². The van der Waals surface area contributed by atoms with E-state index in [-0.39, 0.29) is 30.2 Å². The molecule has 0 aromatic heterocycles. The Balaban J connectivity index is 1.55. The van der Waals surface area contributed by atoms with Crippen LogP contribution in [0.2, 0.25) is 0 Å². The number of nitrogens with one attached hydrogen (secondary N) is 1. The first-order valence-electron chi connectivity index (χ1n) is 10.4. The zero-order chi connectivity index (χ0) is 20.8. The van der Waals surface area contributed by atoms with Gasteiger partial charge in [0.2, 0.25) is 11.8 Å². The molecule has 0 radical (unpaired) electrons. The van der Waals surface area contributed by atoms with Crippen molar-refractivity contribution in [2.24, 2.45) is 5.92 Å². The summed E-state index contributed by atoms with van der Waals surface area (Å²) in [5.41, 5.74) is 2.12. The van der Waals surface area contributed by atoms with Gasteiger partial charge in [-0.15, -0.1) is 0 Å². The van der Waals surface area contributed by atoms with E-state index in [1.165, 1.54) is 5.56 Å². The molecule has 154 valence electrons. The van der Waals surface area contributed by atoms with E-state index in [2.05, 4.69) is 48.3 Å². The van der Waals surface area contributed by atoms with Crippen molar-refractivity contribution in [3.8, 4) is 0 Å². The number of anilines is 1. The van der Waals surface area contributed by atoms with Crippen molar-refractivity contribution >= 4 is 17.5 Å². The molecule has 0 aliphatic carbocycles. The van der Waals surface area contributed by atoms with E-state index >= 15 is 0 Å². The molecule has 2 amide bonds. The zero-order valence-corrected chi connectivity index (χ0v) is 17.5. The van der Waals surface area contributed by atoms with E-state index in [9.17, 15) is 9.59 Å². The molecule has 29 heavy (non-hydrogen) atoms. The minimum absolute atomic E-state index is 0.00879. The second kappa shape index (κ2) is 9.70. The third-order valence-corrected chi connectivity index (χ3v) is 5.42. The van der Waals surface area contributed by atoms with Crippen LogP contribution in [0.15, 0.2) is 60.7 Å². The summed E-state index contributed by atoms with van der Waals surface area (Å²) in [7, 11) is 0. The Bertz CT molecular complexity index is 807. The second-order valence-corrected chi connectivity index (χ2v) is 8.16. The molecule has 1 aliphatic rings. The largest absolute Gasteiger partial charge is 0.352 e. The first-order valence-corrected chi connectivity index (χ1v) is 10.4. The third-order valence-electron chi connectivity index (χ3n) is 5.42. The fourth-order valence-electron chi connectivity index (χ4n) is 3.77. The van der Waals surface area contributed by atoms with Gasteiger partial charge in [0.1, 0.15) is 0 Å². The van der Waals surface area contributed by atoms with E-state index in [0.29, 0.717) is 12.6 Å². The summed E-state index contributed by atoms with van der Waals surface area (Å²) < 4.78 is 0. The van der Waals surface area contributed by atoms with Gasteiger partial charge in [0.15, 0.2) is 0 Å². The molecule has 0 bridgehead atoms. The Morgan fingerprint density at radius 3 is 2.31 bits per heavy atom. The first kappa shape index (κ1) is 21.1. The summed E-state index contributed by atoms with van der Waals surface area (Å²) in [4.78, 5) is 29.2. The van der Waals surface area contributed by atoms with Crippen LogP contribution in [0.1, 0.15) is 32.8 Å². The van der Waals surface area contributed by atoms with Crippen LogP contribution < -0.4 is 10.2 Å². The molecule has 2 aromatic rings. The quantitative estimate of drug-likeness (QED) is 0.747. The van der Waals surface area contributed by atoms with Crippen LogP contribution in [0.4, 0.5) is 5.69 Å². The number of nitrogens with zero attached hydrogens (tertiary/aromatic N) is 2. The number of carbonyl (C=O) groups is 2. The molecule has 2 aromatic carbocycles. The Labute approximate surface area is 173 Å². The summed E-state index contributed by atoms with van der Waals surface area (Å²) >= 11 is 0. The molecule has 1 saturated heterocycles. The standard InChI is InChI=1S/C24H31N3O2/c1-18(2)26(16-20-10-6-4-7-11-20)15-19(3)25-24(29)21-14-23(28)27(17-21)22-12-8-5-9-13-22/h4-13,18-19,21H,14-17H2,1-3H3,(H,25,29). The number of para-hydroxylation sites is 1. The molecule has 1 heterocycles. The first-order chi connectivity index (χ1) is 13.9. The van der Waals surface area contributed by atoms with Gasteiger partial charge in [-0.2, -0.15) is 0 Å². The summed E-state index contributed by atoms with van der Waals surface area (Å²) in [6.07, 6.45) is 0.269. The van der Waals surface area contributed by atoms with E-state index in [0.717, 1.165) is 18.8 Å². The number of rotatable bonds is 8. The summed E-state index contributed by atoms with van der Waals surface area (Å²) in [5.74, 6) is -0.323. The van der Waals surface area contributed by atoms with Crippen LogP contribution >= 0.6 is 0 Å². The van der Waals surface area contributed by atoms with Gasteiger partial charge in [-0.3, -0.25) is 14.5 Å². The highest BCUT2D eigenvalue weighted by Gasteiger charge is 2.35. The maximum Gasteiger partial charge on any atom is 0.227 e. The van der Waals surface area contributed by atoms with Gasteiger partial charge in [0.25, 0.3) is 0 Å². The lowest BCUT2D eigenvalue weighted by Crippen LogP contribution is -2.46. The number of benzene rings is 2. The maximum atomic E-state index is 12.8. The van der Waals surface area contributed by atoms with Crippen molar-refractivity contribution in [1.29, 1.82) is 0 Å². The Kier molecular flexibility index (Phi) is 7.04. The molecule has 5 heteroatoms. The van der Waals surface area contributed by atoms with Crippen molar-refractivity contribution in [2.45, 2.75) is 45.8 Å². The van der Waals surface area contributed by atoms with Crippen molar-refractivity contribution < 1.29 is 9.59 Å². The van der Waals surface area contributed by atoms with Crippen LogP contribution in [-0.2, 0) is 16.1 Å². The SMILES string of the molecule is CC(CN(Cc1ccccc1)C(C)C)NC(=O)C1CC(=O)N(c2ccccc2)C1. The summed E-state index contributed by atoms with van der Waals surface area (Å²) in [5, 5.41) is 3.13. The molecule has 5 nitrogen and oxygen atoms in total. The predicted octanol–water partition coefficient (Wildman–Crippen LogP) is 3.45. The van der Waals surface area contributed by atoms with Crippen LogP contribution in [0.3, 0.4) is 0 Å². The second-order valence-electron chi connectivity index (χ2n) is 8.16. The van der Waals surface area contributed by atoms with Crippen LogP contribution in [0.25, 0.3) is 0 Å². The van der Waals surface area contributed by atoms with E-state index in [4.69, 9.17) is 0 Å². The molecular formula is C24H31N3O2. The van der Waals surface area contributed by atoms with Crippen molar-refractivity contribution in [2.75, 3.05) is 18.0 Å². The molecule has 2 unspecified atom stereocenters. The molecule has 3 rings (SSSR count). The number of amides is 2. The Morgan fingerprint density at radius 1 is 1.07 bits per heavy atom. The lowest BCUT2D eigenvalue weighted by Gasteiger charge is -2.30. The maximum absolute atomic E-state index is 12.8. The van der Waals surface area contributed by atoms with Crippen molar-refractivity contribution in [1.82, 2.24) is 10.2 Å². The molecule has 0 saturated carbocycles. The molecular weight excluding hydrogens is 362 g/mol. The molecule has 1 N–H and O–H groups in total. The summed E-state index contributed by atoms with van der Waals surface area (Å²) in [6.45, 7) is 8.43. The highest BCUT2D eigenvalue weighted by atomic mass is 16.2. The fraction of sp³-hybridized carbons (Fsp3) is 0.417. The van der Waals surface area contributed by atoms with E-state index < -0.39 is 0 Å². The van der Waals surface area contributed by atoms with Crippen molar-refractivity contribution in [3.63, 3.8) is 0 Å². The minimum Gasteiger partial charge on any atom is -0.352 e. The van der Waals surface area contributed by atoms with Crippen LogP contribution in [0, 0.1) is 5.92 Å². The number of hydrogen-bond donors (Lipinski definition) is 1. The van der Waals surface area contributed by atoms with Gasteiger partial charge < -0.3 is 10.2 Å². The highest BCUT2D eigenvalue weighted by Crippen LogP contribution is 2.25. The van der Waals surface area contributed by atoms with Crippen LogP contribution in [-0.4, -0.2) is 41.9 Å². The third kappa shape index (κ3) is 5.67. The summed E-state index contributed by atoms with van der Waals surface area (Å²) in [6, 6.07) is 20.3. The van der Waals surface area contributed by atoms with Gasteiger partial charge in [0, 0.05) is 43.8 Å². The average molecular weight is 394 g/mol. The lowest BCUT2D eigenvalue weighted by atomic mass is 10.1. The number of hydrogen-bond acceptors (Lipinski definition) is 3. The fourth-order valence-corrected chi connectivity index (χ4v) is 3.77. The molecule has 2 atom stereocenters. The average Bonchev–Trinajstić information content (AvgIpc) is 3.10. The smallest absolute Gasteiger partial charge is 0.227 e. The monoisotopic (exact) mass is 393 g/mol. The predicted molar refractivity (Wildman–Crippen MR) is 116 cm³/mol. The van der Waals surface area contributed by atoms with Crippen molar-refractivity contribution in [3.05, 3.63) is 66.2 Å². The van der Waals surface area contributed by atoms with Gasteiger partial charge in [-0.1, -0.05) is 48.5 Å². The normalized spacial score (nSPS) is 17.8. The minimum atomic E-state index is -0.299. The Hall–Kier alpha value is -2.66. The van der Waals surface area contributed by atoms with Gasteiger partial charge in [-0.05, 0) is 38.5 Å². The molecule has 1 fully saturated rings. The lowest BCUT2D eigenvalue weighted by molar-refractivity contribution is -0.127. The van der Waals surface area contributed by atoms with E-state index in [1.54, 1.807) is 4.90 Å². The topological polar surface area (TPSA) is 52.7 Å². The zero-order valence-electron chi connectivity index (χ0n) is 17.5. The highest BCUT2D eigenvalue weighted by molar-refractivity contribution is 6.00. The molecule has 1 aliphatic heterocycles. The van der Waals surface area contributed by atoms with Crippen LogP contribution in [0.5, 0.6) is 0 Å². The number of carbonyl (C=O) groups excluding carboxylic acids is 2.